The standard InChI is InChI=1S/C14H21FN2O/c1-17(10-11-2-4-18-5-3-11)14-7-12(9-16)6-13(15)8-14/h6-8,11H,2-5,9-10,16H2,1H3. The Morgan fingerprint density at radius 2 is 2.06 bits per heavy atom. The summed E-state index contributed by atoms with van der Waals surface area (Å²) in [5, 5.41) is 0. The summed E-state index contributed by atoms with van der Waals surface area (Å²) in [6.07, 6.45) is 2.17. The van der Waals surface area contributed by atoms with Crippen molar-refractivity contribution in [1.82, 2.24) is 0 Å². The number of nitrogens with zero attached hydrogens (tertiary/aromatic N) is 1. The smallest absolute Gasteiger partial charge is 0.125 e. The van der Waals surface area contributed by atoms with Gasteiger partial charge in [0.05, 0.1) is 0 Å². The molecule has 1 heterocycles. The lowest BCUT2D eigenvalue weighted by molar-refractivity contribution is 0.0685. The monoisotopic (exact) mass is 252 g/mol. The fraction of sp³-hybridized carbons (Fsp3) is 0.571. The van der Waals surface area contributed by atoms with Crippen molar-refractivity contribution < 1.29 is 9.13 Å². The van der Waals surface area contributed by atoms with Crippen molar-refractivity contribution in [1.29, 1.82) is 0 Å². The van der Waals surface area contributed by atoms with Crippen molar-refractivity contribution in [3.63, 3.8) is 0 Å². The van der Waals surface area contributed by atoms with Crippen molar-refractivity contribution in [2.24, 2.45) is 11.7 Å². The van der Waals surface area contributed by atoms with Gasteiger partial charge >= 0.3 is 0 Å². The van der Waals surface area contributed by atoms with Gasteiger partial charge < -0.3 is 15.4 Å². The summed E-state index contributed by atoms with van der Waals surface area (Å²) in [6, 6.07) is 5.02. The van der Waals surface area contributed by atoms with Gasteiger partial charge in [-0.2, -0.15) is 0 Å². The van der Waals surface area contributed by atoms with Crippen LogP contribution in [0, 0.1) is 11.7 Å². The van der Waals surface area contributed by atoms with E-state index in [-0.39, 0.29) is 5.82 Å². The van der Waals surface area contributed by atoms with Gasteiger partial charge in [-0.25, -0.2) is 4.39 Å². The van der Waals surface area contributed by atoms with E-state index in [0.29, 0.717) is 12.5 Å². The number of halogens is 1. The van der Waals surface area contributed by atoms with Gasteiger partial charge in [-0.15, -0.1) is 0 Å². The summed E-state index contributed by atoms with van der Waals surface area (Å²) in [6.45, 7) is 3.00. The van der Waals surface area contributed by atoms with Crippen LogP contribution in [-0.2, 0) is 11.3 Å². The van der Waals surface area contributed by atoms with Crippen LogP contribution in [0.25, 0.3) is 0 Å². The van der Waals surface area contributed by atoms with E-state index in [0.717, 1.165) is 43.9 Å². The third kappa shape index (κ3) is 3.43. The average molecular weight is 252 g/mol. The SMILES string of the molecule is CN(CC1CCOCC1)c1cc(F)cc(CN)c1. The van der Waals surface area contributed by atoms with Crippen LogP contribution in [0.5, 0.6) is 0 Å². The van der Waals surface area contributed by atoms with Gasteiger partial charge in [0.15, 0.2) is 0 Å². The molecule has 1 aliphatic heterocycles. The number of ether oxygens (including phenoxy) is 1. The third-order valence-corrected chi connectivity index (χ3v) is 3.49. The molecule has 0 bridgehead atoms. The number of anilines is 1. The quantitative estimate of drug-likeness (QED) is 0.892. The zero-order chi connectivity index (χ0) is 13.0. The molecule has 0 aromatic heterocycles. The molecule has 0 radical (unpaired) electrons. The first-order valence-corrected chi connectivity index (χ1v) is 6.47. The lowest BCUT2D eigenvalue weighted by Crippen LogP contribution is -2.29. The van der Waals surface area contributed by atoms with Gasteiger partial charge in [0.2, 0.25) is 0 Å². The van der Waals surface area contributed by atoms with E-state index in [1.54, 1.807) is 6.07 Å². The van der Waals surface area contributed by atoms with Crippen LogP contribution in [-0.4, -0.2) is 26.8 Å². The predicted octanol–water partition coefficient (Wildman–Crippen LogP) is 2.15. The van der Waals surface area contributed by atoms with Gasteiger partial charge in [-0.1, -0.05) is 0 Å². The molecule has 4 heteroatoms. The lowest BCUT2D eigenvalue weighted by Gasteiger charge is -2.28. The Kier molecular flexibility index (Phi) is 4.55. The molecule has 1 aromatic carbocycles. The van der Waals surface area contributed by atoms with Crippen LogP contribution in [0.2, 0.25) is 0 Å². The Morgan fingerprint density at radius 3 is 2.72 bits per heavy atom. The Hall–Kier alpha value is -1.13. The number of rotatable bonds is 4. The van der Waals surface area contributed by atoms with Gasteiger partial charge in [0.1, 0.15) is 5.82 Å². The maximum absolute atomic E-state index is 13.5. The van der Waals surface area contributed by atoms with E-state index in [1.807, 2.05) is 13.1 Å². The molecule has 1 saturated heterocycles. The van der Waals surface area contributed by atoms with Crippen molar-refractivity contribution >= 4 is 5.69 Å². The molecule has 1 aliphatic rings. The largest absolute Gasteiger partial charge is 0.381 e. The van der Waals surface area contributed by atoms with Crippen LogP contribution in [0.1, 0.15) is 18.4 Å². The molecule has 2 N–H and O–H groups in total. The third-order valence-electron chi connectivity index (χ3n) is 3.49. The summed E-state index contributed by atoms with van der Waals surface area (Å²) in [7, 11) is 2.00. The topological polar surface area (TPSA) is 38.5 Å². The minimum atomic E-state index is -0.216. The highest BCUT2D eigenvalue weighted by Crippen LogP contribution is 2.22. The van der Waals surface area contributed by atoms with E-state index in [9.17, 15) is 4.39 Å². The number of hydrogen-bond acceptors (Lipinski definition) is 3. The van der Waals surface area contributed by atoms with E-state index in [2.05, 4.69) is 4.90 Å². The highest BCUT2D eigenvalue weighted by Gasteiger charge is 2.16. The Morgan fingerprint density at radius 1 is 1.33 bits per heavy atom. The van der Waals surface area contributed by atoms with Gasteiger partial charge in [-0.05, 0) is 42.5 Å². The first-order valence-electron chi connectivity index (χ1n) is 6.47. The number of nitrogens with two attached hydrogens (primary N) is 1. The predicted molar refractivity (Wildman–Crippen MR) is 71.1 cm³/mol. The van der Waals surface area contributed by atoms with Crippen molar-refractivity contribution in [3.8, 4) is 0 Å². The second kappa shape index (κ2) is 6.16. The molecule has 0 aliphatic carbocycles. The van der Waals surface area contributed by atoms with Crippen molar-refractivity contribution in [2.75, 3.05) is 31.7 Å². The van der Waals surface area contributed by atoms with Crippen LogP contribution >= 0.6 is 0 Å². The maximum Gasteiger partial charge on any atom is 0.125 e. The molecule has 0 unspecified atom stereocenters. The summed E-state index contributed by atoms with van der Waals surface area (Å²) < 4.78 is 18.8. The fourth-order valence-corrected chi connectivity index (χ4v) is 2.39. The van der Waals surface area contributed by atoms with E-state index < -0.39 is 0 Å². The first-order chi connectivity index (χ1) is 8.69. The van der Waals surface area contributed by atoms with E-state index in [1.165, 1.54) is 6.07 Å². The highest BCUT2D eigenvalue weighted by atomic mass is 19.1. The zero-order valence-electron chi connectivity index (χ0n) is 10.9. The molecule has 1 aromatic rings. The number of benzene rings is 1. The van der Waals surface area contributed by atoms with Crippen LogP contribution < -0.4 is 10.6 Å². The van der Waals surface area contributed by atoms with Crippen molar-refractivity contribution in [3.05, 3.63) is 29.6 Å². The molecule has 0 saturated carbocycles. The first kappa shape index (κ1) is 13.3. The average Bonchev–Trinajstić information content (AvgIpc) is 2.39. The van der Waals surface area contributed by atoms with Crippen molar-refractivity contribution in [2.45, 2.75) is 19.4 Å². The van der Waals surface area contributed by atoms with E-state index >= 15 is 0 Å². The molecule has 100 valence electrons. The minimum absolute atomic E-state index is 0.216. The number of hydrogen-bond donors (Lipinski definition) is 1. The van der Waals surface area contributed by atoms with Gasteiger partial charge in [0, 0.05) is 39.0 Å². The lowest BCUT2D eigenvalue weighted by atomic mass is 9.99. The molecular weight excluding hydrogens is 231 g/mol. The van der Waals surface area contributed by atoms with E-state index in [4.69, 9.17) is 10.5 Å². The normalized spacial score (nSPS) is 16.8. The van der Waals surface area contributed by atoms with Crippen LogP contribution in [0.15, 0.2) is 18.2 Å². The molecule has 0 atom stereocenters. The summed E-state index contributed by atoms with van der Waals surface area (Å²) in [5.41, 5.74) is 7.31. The fourth-order valence-electron chi connectivity index (χ4n) is 2.39. The molecule has 1 fully saturated rings. The Labute approximate surface area is 108 Å². The summed E-state index contributed by atoms with van der Waals surface area (Å²) >= 11 is 0. The van der Waals surface area contributed by atoms with Gasteiger partial charge in [-0.3, -0.25) is 0 Å². The van der Waals surface area contributed by atoms with Crippen LogP contribution in [0.3, 0.4) is 0 Å². The summed E-state index contributed by atoms with van der Waals surface area (Å²) in [5.74, 6) is 0.417. The minimum Gasteiger partial charge on any atom is -0.381 e. The molecule has 3 nitrogen and oxygen atoms in total. The molecule has 0 spiro atoms. The van der Waals surface area contributed by atoms with Gasteiger partial charge in [0.25, 0.3) is 0 Å². The zero-order valence-corrected chi connectivity index (χ0v) is 10.9. The van der Waals surface area contributed by atoms with Crippen LogP contribution in [0.4, 0.5) is 10.1 Å². The Bertz CT molecular complexity index is 391. The molecule has 0 amide bonds. The molecule has 18 heavy (non-hydrogen) atoms. The highest BCUT2D eigenvalue weighted by molar-refractivity contribution is 5.48. The second-order valence-electron chi connectivity index (χ2n) is 4.96. The molecular formula is C14H21FN2O. The second-order valence-corrected chi connectivity index (χ2v) is 4.96. The summed E-state index contributed by atoms with van der Waals surface area (Å²) in [4.78, 5) is 2.11. The maximum atomic E-state index is 13.5. The Balaban J connectivity index is 2.02. The molecule has 2 rings (SSSR count).